The predicted molar refractivity (Wildman–Crippen MR) is 66.5 cm³/mol. The fourth-order valence-corrected chi connectivity index (χ4v) is 1.58. The molecule has 5 heteroatoms. The Labute approximate surface area is 106 Å². The van der Waals surface area contributed by atoms with Crippen LogP contribution in [0.15, 0.2) is 18.2 Å². The number of alkyl halides is 1. The maximum atomic E-state index is 11.9. The van der Waals surface area contributed by atoms with Gasteiger partial charge in [-0.15, -0.1) is 0 Å². The molecule has 0 bridgehead atoms. The van der Waals surface area contributed by atoms with Crippen molar-refractivity contribution in [3.05, 3.63) is 28.8 Å². The van der Waals surface area contributed by atoms with Crippen molar-refractivity contribution in [2.24, 2.45) is 0 Å². The van der Waals surface area contributed by atoms with E-state index >= 15 is 0 Å². The minimum Gasteiger partial charge on any atom is -0.489 e. The summed E-state index contributed by atoms with van der Waals surface area (Å²) in [7, 11) is 1.66. The maximum Gasteiger partial charge on any atom is 0.138 e. The number of hydrogen-bond acceptors (Lipinski definition) is 3. The molecule has 0 spiro atoms. The zero-order valence-electron chi connectivity index (χ0n) is 9.84. The smallest absolute Gasteiger partial charge is 0.138 e. The number of ether oxygens (including phenoxy) is 2. The first kappa shape index (κ1) is 14.2. The van der Waals surface area contributed by atoms with Crippen LogP contribution in [0.2, 0.25) is 5.02 Å². The molecule has 1 rings (SSSR count). The first-order valence-corrected chi connectivity index (χ1v) is 5.82. The Balaban J connectivity index is 2.44. The summed E-state index contributed by atoms with van der Waals surface area (Å²) in [5.41, 5.74) is 1.05. The average Bonchev–Trinajstić information content (AvgIpc) is 2.34. The van der Waals surface area contributed by atoms with E-state index in [2.05, 4.69) is 5.32 Å². The van der Waals surface area contributed by atoms with E-state index in [1.54, 1.807) is 13.2 Å². The van der Waals surface area contributed by atoms with Gasteiger partial charge in [-0.2, -0.15) is 0 Å². The van der Waals surface area contributed by atoms with E-state index in [-0.39, 0.29) is 6.61 Å². The van der Waals surface area contributed by atoms with E-state index in [1.165, 1.54) is 0 Å². The topological polar surface area (TPSA) is 30.5 Å². The van der Waals surface area contributed by atoms with Gasteiger partial charge in [-0.3, -0.25) is 0 Å². The Hall–Kier alpha value is -0.840. The van der Waals surface area contributed by atoms with Gasteiger partial charge in [0, 0.05) is 20.2 Å². The highest BCUT2D eigenvalue weighted by Crippen LogP contribution is 2.25. The Bertz CT molecular complexity index is 336. The van der Waals surface area contributed by atoms with Gasteiger partial charge in [0.15, 0.2) is 0 Å². The molecule has 0 atom stereocenters. The van der Waals surface area contributed by atoms with Crippen LogP contribution in [0.4, 0.5) is 4.39 Å². The molecule has 0 amide bonds. The van der Waals surface area contributed by atoms with Gasteiger partial charge in [0.05, 0.1) is 11.6 Å². The van der Waals surface area contributed by atoms with Crippen molar-refractivity contribution in [3.8, 4) is 5.75 Å². The van der Waals surface area contributed by atoms with E-state index in [1.807, 2.05) is 12.1 Å². The van der Waals surface area contributed by atoms with Crippen molar-refractivity contribution in [2.75, 3.05) is 33.5 Å². The van der Waals surface area contributed by atoms with Crippen LogP contribution in [-0.2, 0) is 11.3 Å². The van der Waals surface area contributed by atoms with Gasteiger partial charge in [0.1, 0.15) is 19.0 Å². The van der Waals surface area contributed by atoms with Gasteiger partial charge in [-0.05, 0) is 17.7 Å². The molecule has 17 heavy (non-hydrogen) atoms. The third-order valence-corrected chi connectivity index (χ3v) is 2.44. The summed E-state index contributed by atoms with van der Waals surface area (Å²) < 4.78 is 22.0. The average molecular weight is 262 g/mol. The molecule has 96 valence electrons. The molecule has 0 saturated heterocycles. The second-order valence-electron chi connectivity index (χ2n) is 3.47. The molecule has 0 unspecified atom stereocenters. The molecule has 0 aromatic heterocycles. The highest BCUT2D eigenvalue weighted by Gasteiger charge is 2.02. The van der Waals surface area contributed by atoms with Crippen LogP contribution in [0.1, 0.15) is 5.56 Å². The van der Waals surface area contributed by atoms with Gasteiger partial charge in [-0.25, -0.2) is 4.39 Å². The number of hydrogen-bond donors (Lipinski definition) is 1. The standard InChI is InChI=1S/C12H17ClFNO2/c1-16-7-5-15-9-10-2-3-12(11(13)8-10)17-6-4-14/h2-3,8,15H,4-7,9H2,1H3. The van der Waals surface area contributed by atoms with Crippen molar-refractivity contribution >= 4 is 11.6 Å². The van der Waals surface area contributed by atoms with Crippen LogP contribution in [0.5, 0.6) is 5.75 Å². The summed E-state index contributed by atoms with van der Waals surface area (Å²) in [6.45, 7) is 1.69. The Morgan fingerprint density at radius 2 is 2.18 bits per heavy atom. The molecule has 0 saturated carbocycles. The first-order valence-electron chi connectivity index (χ1n) is 5.44. The zero-order chi connectivity index (χ0) is 12.5. The lowest BCUT2D eigenvalue weighted by atomic mass is 10.2. The molecule has 0 fully saturated rings. The number of nitrogens with one attached hydrogen (secondary N) is 1. The van der Waals surface area contributed by atoms with E-state index in [9.17, 15) is 4.39 Å². The zero-order valence-corrected chi connectivity index (χ0v) is 10.6. The molecule has 0 aliphatic carbocycles. The minimum atomic E-state index is -0.517. The Kier molecular flexibility index (Phi) is 6.93. The van der Waals surface area contributed by atoms with Gasteiger partial charge in [-0.1, -0.05) is 17.7 Å². The molecule has 0 aliphatic heterocycles. The molecule has 0 heterocycles. The normalized spacial score (nSPS) is 10.5. The fourth-order valence-electron chi connectivity index (χ4n) is 1.33. The fraction of sp³-hybridized carbons (Fsp3) is 0.500. The van der Waals surface area contributed by atoms with Crippen LogP contribution in [0.25, 0.3) is 0 Å². The third kappa shape index (κ3) is 5.35. The van der Waals surface area contributed by atoms with Gasteiger partial charge in [0.2, 0.25) is 0 Å². The molecule has 0 aliphatic rings. The summed E-state index contributed by atoms with van der Waals surface area (Å²) in [6.07, 6.45) is 0. The SMILES string of the molecule is COCCNCc1ccc(OCCF)c(Cl)c1. The van der Waals surface area contributed by atoms with Gasteiger partial charge in [0.25, 0.3) is 0 Å². The molecule has 0 radical (unpaired) electrons. The van der Waals surface area contributed by atoms with Crippen molar-refractivity contribution in [1.82, 2.24) is 5.32 Å². The molecule has 1 N–H and O–H groups in total. The van der Waals surface area contributed by atoms with Crippen molar-refractivity contribution in [3.63, 3.8) is 0 Å². The van der Waals surface area contributed by atoms with Crippen LogP contribution in [-0.4, -0.2) is 33.5 Å². The van der Waals surface area contributed by atoms with Crippen molar-refractivity contribution in [2.45, 2.75) is 6.54 Å². The summed E-state index contributed by atoms with van der Waals surface area (Å²) in [4.78, 5) is 0. The summed E-state index contributed by atoms with van der Waals surface area (Å²) >= 11 is 6.01. The molecule has 3 nitrogen and oxygen atoms in total. The van der Waals surface area contributed by atoms with E-state index < -0.39 is 6.67 Å². The molecular weight excluding hydrogens is 245 g/mol. The minimum absolute atomic E-state index is 0.0329. The second-order valence-corrected chi connectivity index (χ2v) is 3.88. The Morgan fingerprint density at radius 1 is 1.35 bits per heavy atom. The predicted octanol–water partition coefficient (Wildman–Crippen LogP) is 2.42. The van der Waals surface area contributed by atoms with Crippen LogP contribution in [0.3, 0.4) is 0 Å². The third-order valence-electron chi connectivity index (χ3n) is 2.14. The van der Waals surface area contributed by atoms with Crippen LogP contribution < -0.4 is 10.1 Å². The monoisotopic (exact) mass is 261 g/mol. The summed E-state index contributed by atoms with van der Waals surface area (Å²) in [6, 6.07) is 5.47. The summed E-state index contributed by atoms with van der Waals surface area (Å²) in [5, 5.41) is 3.71. The van der Waals surface area contributed by atoms with E-state index in [0.717, 1.165) is 12.1 Å². The maximum absolute atomic E-state index is 11.9. The van der Waals surface area contributed by atoms with Crippen molar-refractivity contribution in [1.29, 1.82) is 0 Å². The first-order chi connectivity index (χ1) is 8.27. The highest BCUT2D eigenvalue weighted by atomic mass is 35.5. The van der Waals surface area contributed by atoms with Gasteiger partial charge < -0.3 is 14.8 Å². The lowest BCUT2D eigenvalue weighted by Gasteiger charge is -2.09. The lowest BCUT2D eigenvalue weighted by Crippen LogP contribution is -2.18. The van der Waals surface area contributed by atoms with Crippen LogP contribution >= 0.6 is 11.6 Å². The van der Waals surface area contributed by atoms with Gasteiger partial charge >= 0.3 is 0 Å². The number of methoxy groups -OCH3 is 1. The van der Waals surface area contributed by atoms with E-state index in [0.29, 0.717) is 23.9 Å². The number of rotatable bonds is 8. The summed E-state index contributed by atoms with van der Waals surface area (Å²) in [5.74, 6) is 0.518. The Morgan fingerprint density at radius 3 is 2.82 bits per heavy atom. The number of halogens is 2. The van der Waals surface area contributed by atoms with E-state index in [4.69, 9.17) is 21.1 Å². The largest absolute Gasteiger partial charge is 0.489 e. The van der Waals surface area contributed by atoms with Crippen LogP contribution in [0, 0.1) is 0 Å². The highest BCUT2D eigenvalue weighted by molar-refractivity contribution is 6.32. The quantitative estimate of drug-likeness (QED) is 0.729. The molecule has 1 aromatic rings. The number of benzene rings is 1. The molecular formula is C12H17ClFNO2. The van der Waals surface area contributed by atoms with Crippen molar-refractivity contribution < 1.29 is 13.9 Å². The second kappa shape index (κ2) is 8.28. The lowest BCUT2D eigenvalue weighted by molar-refractivity contribution is 0.199. The molecule has 1 aromatic carbocycles.